The fourth-order valence-corrected chi connectivity index (χ4v) is 3.13. The number of benzene rings is 2. The van der Waals surface area contributed by atoms with Crippen molar-refractivity contribution in [1.29, 1.82) is 0 Å². The lowest BCUT2D eigenvalue weighted by Crippen LogP contribution is -2.42. The van der Waals surface area contributed by atoms with Gasteiger partial charge < -0.3 is 9.64 Å². The van der Waals surface area contributed by atoms with E-state index in [-0.39, 0.29) is 18.5 Å². The van der Waals surface area contributed by atoms with E-state index in [4.69, 9.17) is 4.74 Å². The van der Waals surface area contributed by atoms with Crippen LogP contribution in [0.2, 0.25) is 0 Å². The van der Waals surface area contributed by atoms with Gasteiger partial charge in [0.1, 0.15) is 6.67 Å². The van der Waals surface area contributed by atoms with E-state index in [0.717, 1.165) is 12.0 Å². The van der Waals surface area contributed by atoms with Crippen molar-refractivity contribution < 1.29 is 19.1 Å². The number of nitrogens with zero attached hydrogens (tertiary/aromatic N) is 2. The average molecular weight is 380 g/mol. The highest BCUT2D eigenvalue weighted by Crippen LogP contribution is 2.21. The van der Waals surface area contributed by atoms with Gasteiger partial charge in [0, 0.05) is 24.2 Å². The molecule has 146 valence electrons. The van der Waals surface area contributed by atoms with Crippen molar-refractivity contribution in [2.24, 2.45) is 0 Å². The van der Waals surface area contributed by atoms with Crippen LogP contribution >= 0.6 is 0 Å². The fraction of sp³-hybridized carbons (Fsp3) is 0.318. The van der Waals surface area contributed by atoms with Crippen LogP contribution in [-0.2, 0) is 9.53 Å². The number of rotatable bonds is 6. The van der Waals surface area contributed by atoms with Crippen molar-refractivity contribution >= 4 is 23.5 Å². The van der Waals surface area contributed by atoms with Gasteiger partial charge in [-0.2, -0.15) is 0 Å². The first kappa shape index (κ1) is 19.6. The van der Waals surface area contributed by atoms with Crippen LogP contribution in [0.1, 0.15) is 46.0 Å². The van der Waals surface area contributed by atoms with Gasteiger partial charge in [-0.15, -0.1) is 0 Å². The lowest BCUT2D eigenvalue weighted by atomic mass is 10.1. The van der Waals surface area contributed by atoms with E-state index in [2.05, 4.69) is 0 Å². The molecule has 0 aromatic heterocycles. The maximum atomic E-state index is 13.2. The number of ether oxygens (including phenoxy) is 1. The van der Waals surface area contributed by atoms with Crippen LogP contribution in [0, 0.1) is 6.92 Å². The third-order valence-corrected chi connectivity index (χ3v) is 4.72. The minimum Gasteiger partial charge on any atom is -0.462 e. The second kappa shape index (κ2) is 8.69. The summed E-state index contributed by atoms with van der Waals surface area (Å²) in [7, 11) is 0. The minimum absolute atomic E-state index is 0.0462. The van der Waals surface area contributed by atoms with Crippen LogP contribution in [0.5, 0.6) is 0 Å². The number of hydrogen-bond donors (Lipinski definition) is 0. The van der Waals surface area contributed by atoms with E-state index in [0.29, 0.717) is 36.4 Å². The summed E-state index contributed by atoms with van der Waals surface area (Å²) in [5.74, 6) is -0.548. The molecule has 0 spiro atoms. The fourth-order valence-electron chi connectivity index (χ4n) is 3.13. The maximum absolute atomic E-state index is 13.2. The Bertz CT molecular complexity index is 859. The first-order chi connectivity index (χ1) is 13.5. The van der Waals surface area contributed by atoms with Gasteiger partial charge >= 0.3 is 5.97 Å². The molecule has 1 heterocycles. The third kappa shape index (κ3) is 4.39. The molecule has 2 aromatic carbocycles. The van der Waals surface area contributed by atoms with Crippen LogP contribution in [0.3, 0.4) is 0 Å². The molecule has 1 aliphatic heterocycles. The summed E-state index contributed by atoms with van der Waals surface area (Å²) in [6, 6.07) is 14.0. The van der Waals surface area contributed by atoms with Crippen molar-refractivity contribution in [2.75, 3.05) is 24.7 Å². The van der Waals surface area contributed by atoms with Gasteiger partial charge in [-0.05, 0) is 56.7 Å². The predicted octanol–water partition coefficient (Wildman–Crippen LogP) is 3.40. The van der Waals surface area contributed by atoms with Gasteiger partial charge in [0.15, 0.2) is 0 Å². The molecule has 28 heavy (non-hydrogen) atoms. The number of anilines is 1. The van der Waals surface area contributed by atoms with Gasteiger partial charge in [0.05, 0.1) is 12.2 Å². The van der Waals surface area contributed by atoms with Crippen molar-refractivity contribution in [2.45, 2.75) is 26.7 Å². The average Bonchev–Trinajstić information content (AvgIpc) is 3.11. The quantitative estimate of drug-likeness (QED) is 0.721. The maximum Gasteiger partial charge on any atom is 0.338 e. The summed E-state index contributed by atoms with van der Waals surface area (Å²) >= 11 is 0. The topological polar surface area (TPSA) is 66.9 Å². The molecule has 0 atom stereocenters. The second-order valence-corrected chi connectivity index (χ2v) is 6.77. The Kier molecular flexibility index (Phi) is 6.09. The van der Waals surface area contributed by atoms with E-state index in [1.54, 1.807) is 53.1 Å². The van der Waals surface area contributed by atoms with Gasteiger partial charge in [0.25, 0.3) is 5.91 Å². The third-order valence-electron chi connectivity index (χ3n) is 4.72. The van der Waals surface area contributed by atoms with Crippen LogP contribution in [0.25, 0.3) is 0 Å². The Morgan fingerprint density at radius 2 is 1.68 bits per heavy atom. The second-order valence-electron chi connectivity index (χ2n) is 6.77. The summed E-state index contributed by atoms with van der Waals surface area (Å²) < 4.78 is 5.01. The zero-order chi connectivity index (χ0) is 20.1. The number of carbonyl (C=O) groups is 3. The zero-order valence-electron chi connectivity index (χ0n) is 16.2. The van der Waals surface area contributed by atoms with Crippen LogP contribution in [0.15, 0.2) is 48.5 Å². The molecule has 0 saturated carbocycles. The Hall–Kier alpha value is -3.15. The van der Waals surface area contributed by atoms with Crippen LogP contribution in [-0.4, -0.2) is 42.5 Å². The monoisotopic (exact) mass is 380 g/mol. The molecule has 6 nitrogen and oxygen atoms in total. The SMILES string of the molecule is CCOC(=O)c1ccc(N(CN2CCCC2=O)C(=O)c2ccc(C)cc2)cc1. The highest BCUT2D eigenvalue weighted by molar-refractivity contribution is 6.06. The largest absolute Gasteiger partial charge is 0.462 e. The molecule has 6 heteroatoms. The van der Waals surface area contributed by atoms with Crippen molar-refractivity contribution in [3.05, 3.63) is 65.2 Å². The van der Waals surface area contributed by atoms with E-state index >= 15 is 0 Å². The standard InChI is InChI=1S/C22H24N2O4/c1-3-28-22(27)18-10-12-19(13-11-18)24(15-23-14-4-5-20(23)25)21(26)17-8-6-16(2)7-9-17/h6-13H,3-5,14-15H2,1-2H3. The normalized spacial score (nSPS) is 13.5. The highest BCUT2D eigenvalue weighted by Gasteiger charge is 2.26. The smallest absolute Gasteiger partial charge is 0.338 e. The molecule has 0 bridgehead atoms. The zero-order valence-corrected chi connectivity index (χ0v) is 16.2. The first-order valence-corrected chi connectivity index (χ1v) is 9.43. The van der Waals surface area contributed by atoms with Crippen molar-refractivity contribution in [1.82, 2.24) is 4.90 Å². The summed E-state index contributed by atoms with van der Waals surface area (Å²) in [6.07, 6.45) is 1.31. The molecule has 0 unspecified atom stereocenters. The van der Waals surface area contributed by atoms with E-state index < -0.39 is 5.97 Å². The number of aryl methyl sites for hydroxylation is 1. The van der Waals surface area contributed by atoms with Gasteiger partial charge in [-0.1, -0.05) is 17.7 Å². The predicted molar refractivity (Wildman–Crippen MR) is 106 cm³/mol. The molecule has 0 N–H and O–H groups in total. The molecule has 0 radical (unpaired) electrons. The van der Waals surface area contributed by atoms with E-state index in [1.165, 1.54) is 0 Å². The molecule has 1 aliphatic rings. The number of amides is 2. The van der Waals surface area contributed by atoms with Crippen molar-refractivity contribution in [3.63, 3.8) is 0 Å². The number of esters is 1. The Morgan fingerprint density at radius 1 is 1.04 bits per heavy atom. The summed E-state index contributed by atoms with van der Waals surface area (Å²) in [5.41, 5.74) is 2.66. The van der Waals surface area contributed by atoms with Crippen LogP contribution < -0.4 is 4.90 Å². The molecule has 1 fully saturated rings. The molecular formula is C22H24N2O4. The minimum atomic E-state index is -0.403. The summed E-state index contributed by atoms with van der Waals surface area (Å²) in [4.78, 5) is 40.4. The van der Waals surface area contributed by atoms with Gasteiger partial charge in [-0.25, -0.2) is 4.79 Å². The van der Waals surface area contributed by atoms with E-state index in [9.17, 15) is 14.4 Å². The lowest BCUT2D eigenvalue weighted by molar-refractivity contribution is -0.127. The number of likely N-dealkylation sites (tertiary alicyclic amines) is 1. The Balaban J connectivity index is 1.89. The molecular weight excluding hydrogens is 356 g/mol. The number of carbonyl (C=O) groups excluding carboxylic acids is 3. The summed E-state index contributed by atoms with van der Waals surface area (Å²) in [5, 5.41) is 0. The molecule has 2 amide bonds. The summed E-state index contributed by atoms with van der Waals surface area (Å²) in [6.45, 7) is 4.84. The van der Waals surface area contributed by atoms with Crippen molar-refractivity contribution in [3.8, 4) is 0 Å². The molecule has 3 rings (SSSR count). The molecule has 1 saturated heterocycles. The molecule has 0 aliphatic carbocycles. The Morgan fingerprint density at radius 3 is 2.25 bits per heavy atom. The number of hydrogen-bond acceptors (Lipinski definition) is 4. The lowest BCUT2D eigenvalue weighted by Gasteiger charge is -2.28. The van der Waals surface area contributed by atoms with Crippen LogP contribution in [0.4, 0.5) is 5.69 Å². The highest BCUT2D eigenvalue weighted by atomic mass is 16.5. The molecule has 2 aromatic rings. The first-order valence-electron chi connectivity index (χ1n) is 9.43. The van der Waals surface area contributed by atoms with Gasteiger partial charge in [0.2, 0.25) is 5.91 Å². The Labute approximate surface area is 164 Å². The van der Waals surface area contributed by atoms with Gasteiger partial charge in [-0.3, -0.25) is 14.5 Å². The van der Waals surface area contributed by atoms with E-state index in [1.807, 2.05) is 19.1 Å².